The number of aryl methyl sites for hydroxylation is 2. The molecule has 32 heavy (non-hydrogen) atoms. The molecule has 1 amide bonds. The second-order valence-electron chi connectivity index (χ2n) is 8.18. The number of nitrogens with zero attached hydrogens (tertiary/aromatic N) is 3. The standard InChI is InChI=1S/C23H30FN3O4S/c1-17-12-19(13-18(2)23(17)31-4)15-25(3)16-22(28)26-8-10-27(11-9-26)32(29,30)21-7-5-6-20(24)14-21/h5-7,12-14H,8-11,15-16H2,1-4H3. The van der Waals surface area contributed by atoms with Crippen LogP contribution in [0.15, 0.2) is 41.3 Å². The molecule has 2 aromatic carbocycles. The molecule has 0 aromatic heterocycles. The Morgan fingerprint density at radius 2 is 1.72 bits per heavy atom. The lowest BCUT2D eigenvalue weighted by molar-refractivity contribution is -0.133. The number of methoxy groups -OCH3 is 1. The summed E-state index contributed by atoms with van der Waals surface area (Å²) in [6, 6.07) is 9.11. The van der Waals surface area contributed by atoms with Crippen LogP contribution in [0.1, 0.15) is 16.7 Å². The van der Waals surface area contributed by atoms with Gasteiger partial charge >= 0.3 is 0 Å². The van der Waals surface area contributed by atoms with Crippen LogP contribution in [-0.2, 0) is 21.4 Å². The molecule has 1 aliphatic heterocycles. The van der Waals surface area contributed by atoms with E-state index in [0.29, 0.717) is 19.6 Å². The number of ether oxygens (including phenoxy) is 1. The summed E-state index contributed by atoms with van der Waals surface area (Å²) in [5, 5.41) is 0. The summed E-state index contributed by atoms with van der Waals surface area (Å²) in [6.07, 6.45) is 0. The van der Waals surface area contributed by atoms with E-state index in [0.717, 1.165) is 28.5 Å². The van der Waals surface area contributed by atoms with Crippen molar-refractivity contribution in [2.75, 3.05) is 46.9 Å². The van der Waals surface area contributed by atoms with Gasteiger partial charge in [0.2, 0.25) is 15.9 Å². The smallest absolute Gasteiger partial charge is 0.243 e. The Kier molecular flexibility index (Phi) is 7.53. The van der Waals surface area contributed by atoms with E-state index in [-0.39, 0.29) is 30.4 Å². The largest absolute Gasteiger partial charge is 0.496 e. The highest BCUT2D eigenvalue weighted by Gasteiger charge is 2.30. The number of halogens is 1. The second kappa shape index (κ2) is 9.97. The van der Waals surface area contributed by atoms with Gasteiger partial charge in [0.15, 0.2) is 0 Å². The fourth-order valence-electron chi connectivity index (χ4n) is 4.11. The van der Waals surface area contributed by atoms with Crippen molar-refractivity contribution in [1.29, 1.82) is 0 Å². The number of hydrogen-bond acceptors (Lipinski definition) is 5. The molecule has 1 fully saturated rings. The van der Waals surface area contributed by atoms with Crippen LogP contribution in [0.5, 0.6) is 5.75 Å². The molecule has 1 aliphatic rings. The van der Waals surface area contributed by atoms with Crippen molar-refractivity contribution < 1.29 is 22.3 Å². The molecule has 0 radical (unpaired) electrons. The number of carbonyl (C=O) groups excluding carboxylic acids is 1. The average Bonchev–Trinajstić information content (AvgIpc) is 2.73. The second-order valence-corrected chi connectivity index (χ2v) is 10.1. The molecular formula is C23H30FN3O4S. The van der Waals surface area contributed by atoms with Crippen molar-refractivity contribution in [3.05, 3.63) is 58.9 Å². The Balaban J connectivity index is 1.55. The first-order valence-electron chi connectivity index (χ1n) is 10.5. The van der Waals surface area contributed by atoms with Crippen molar-refractivity contribution in [2.45, 2.75) is 25.3 Å². The third-order valence-electron chi connectivity index (χ3n) is 5.61. The molecule has 1 heterocycles. The van der Waals surface area contributed by atoms with Crippen molar-refractivity contribution in [2.24, 2.45) is 0 Å². The first-order chi connectivity index (χ1) is 15.1. The molecule has 9 heteroatoms. The minimum Gasteiger partial charge on any atom is -0.496 e. The number of sulfonamides is 1. The fourth-order valence-corrected chi connectivity index (χ4v) is 5.56. The van der Waals surface area contributed by atoms with E-state index in [9.17, 15) is 17.6 Å². The van der Waals surface area contributed by atoms with Crippen LogP contribution >= 0.6 is 0 Å². The molecule has 0 atom stereocenters. The predicted octanol–water partition coefficient (Wildman–Crippen LogP) is 2.42. The van der Waals surface area contributed by atoms with Gasteiger partial charge in [-0.05, 0) is 55.8 Å². The van der Waals surface area contributed by atoms with Gasteiger partial charge in [-0.1, -0.05) is 18.2 Å². The van der Waals surface area contributed by atoms with E-state index >= 15 is 0 Å². The summed E-state index contributed by atoms with van der Waals surface area (Å²) in [7, 11) is -0.235. The van der Waals surface area contributed by atoms with E-state index in [1.54, 1.807) is 12.0 Å². The summed E-state index contributed by atoms with van der Waals surface area (Å²) in [5.74, 6) is 0.237. The molecule has 2 aromatic rings. The summed E-state index contributed by atoms with van der Waals surface area (Å²) >= 11 is 0. The van der Waals surface area contributed by atoms with Crippen LogP contribution in [0, 0.1) is 19.7 Å². The normalized spacial score (nSPS) is 15.2. The van der Waals surface area contributed by atoms with Crippen LogP contribution < -0.4 is 4.74 Å². The van der Waals surface area contributed by atoms with E-state index < -0.39 is 15.8 Å². The Morgan fingerprint density at radius 3 is 2.28 bits per heavy atom. The van der Waals surface area contributed by atoms with Crippen molar-refractivity contribution >= 4 is 15.9 Å². The van der Waals surface area contributed by atoms with Crippen LogP contribution in [0.2, 0.25) is 0 Å². The van der Waals surface area contributed by atoms with E-state index in [1.165, 1.54) is 22.5 Å². The zero-order chi connectivity index (χ0) is 23.5. The summed E-state index contributed by atoms with van der Waals surface area (Å²) < 4.78 is 45.6. The molecule has 0 spiro atoms. The highest BCUT2D eigenvalue weighted by atomic mass is 32.2. The lowest BCUT2D eigenvalue weighted by Gasteiger charge is -2.34. The van der Waals surface area contributed by atoms with Crippen LogP contribution in [0.3, 0.4) is 0 Å². The minimum atomic E-state index is -3.78. The average molecular weight is 464 g/mol. The molecule has 1 saturated heterocycles. The molecule has 7 nitrogen and oxygen atoms in total. The lowest BCUT2D eigenvalue weighted by Crippen LogP contribution is -2.52. The van der Waals surface area contributed by atoms with Crippen LogP contribution in [0.4, 0.5) is 4.39 Å². The summed E-state index contributed by atoms with van der Waals surface area (Å²) in [4.78, 5) is 16.3. The van der Waals surface area contributed by atoms with E-state index in [4.69, 9.17) is 4.74 Å². The molecule has 0 bridgehead atoms. The summed E-state index contributed by atoms with van der Waals surface area (Å²) in [5.41, 5.74) is 3.21. The van der Waals surface area contributed by atoms with Gasteiger partial charge in [-0.25, -0.2) is 12.8 Å². The topological polar surface area (TPSA) is 70.2 Å². The maximum absolute atomic E-state index is 13.4. The van der Waals surface area contributed by atoms with E-state index in [2.05, 4.69) is 12.1 Å². The number of rotatable bonds is 7. The number of carbonyl (C=O) groups is 1. The minimum absolute atomic E-state index is 0.0442. The van der Waals surface area contributed by atoms with Gasteiger partial charge in [0.25, 0.3) is 0 Å². The van der Waals surface area contributed by atoms with Gasteiger partial charge in [-0.3, -0.25) is 9.69 Å². The lowest BCUT2D eigenvalue weighted by atomic mass is 10.1. The number of benzene rings is 2. The first-order valence-corrected chi connectivity index (χ1v) is 11.9. The van der Waals surface area contributed by atoms with Gasteiger partial charge in [-0.15, -0.1) is 0 Å². The van der Waals surface area contributed by atoms with E-state index in [1.807, 2.05) is 25.8 Å². The molecule has 0 unspecified atom stereocenters. The zero-order valence-electron chi connectivity index (χ0n) is 19.0. The van der Waals surface area contributed by atoms with Gasteiger partial charge in [0.05, 0.1) is 18.6 Å². The Hall–Kier alpha value is -2.49. The SMILES string of the molecule is COc1c(C)cc(CN(C)CC(=O)N2CCN(S(=O)(=O)c3cccc(F)c3)CC2)cc1C. The first kappa shape index (κ1) is 24.2. The Bertz CT molecular complexity index is 1060. The summed E-state index contributed by atoms with van der Waals surface area (Å²) in [6.45, 7) is 5.84. The maximum atomic E-state index is 13.4. The monoisotopic (exact) mass is 463 g/mol. The number of piperazine rings is 1. The fraction of sp³-hybridized carbons (Fsp3) is 0.435. The Labute approximate surface area is 189 Å². The van der Waals surface area contributed by atoms with Crippen molar-refractivity contribution in [3.63, 3.8) is 0 Å². The molecule has 0 N–H and O–H groups in total. The van der Waals surface area contributed by atoms with Gasteiger partial charge in [0.1, 0.15) is 11.6 Å². The highest BCUT2D eigenvalue weighted by molar-refractivity contribution is 7.89. The molecule has 0 aliphatic carbocycles. The zero-order valence-corrected chi connectivity index (χ0v) is 19.8. The van der Waals surface area contributed by atoms with Crippen molar-refractivity contribution in [3.8, 4) is 5.75 Å². The maximum Gasteiger partial charge on any atom is 0.243 e. The molecular weight excluding hydrogens is 433 g/mol. The molecule has 3 rings (SSSR count). The van der Waals surface area contributed by atoms with Crippen molar-refractivity contribution in [1.82, 2.24) is 14.1 Å². The third-order valence-corrected chi connectivity index (χ3v) is 7.50. The molecule has 0 saturated carbocycles. The third kappa shape index (κ3) is 5.46. The van der Waals surface area contributed by atoms with Crippen LogP contribution in [-0.4, -0.2) is 75.3 Å². The highest BCUT2D eigenvalue weighted by Crippen LogP contribution is 2.25. The number of hydrogen-bond donors (Lipinski definition) is 0. The number of amides is 1. The Morgan fingerprint density at radius 1 is 1.09 bits per heavy atom. The quantitative estimate of drug-likeness (QED) is 0.631. The molecule has 174 valence electrons. The van der Waals surface area contributed by atoms with Crippen LogP contribution in [0.25, 0.3) is 0 Å². The number of likely N-dealkylation sites (N-methyl/N-ethyl adjacent to an activating group) is 1. The predicted molar refractivity (Wildman–Crippen MR) is 121 cm³/mol. The van der Waals surface area contributed by atoms with Gasteiger partial charge in [-0.2, -0.15) is 4.31 Å². The van der Waals surface area contributed by atoms with Gasteiger partial charge in [0, 0.05) is 32.7 Å². The van der Waals surface area contributed by atoms with Gasteiger partial charge < -0.3 is 9.64 Å².